The van der Waals surface area contributed by atoms with Crippen LogP contribution in [0.5, 0.6) is 0 Å². The predicted molar refractivity (Wildman–Crippen MR) is 86.2 cm³/mol. The molecule has 2 fully saturated rings. The lowest BCUT2D eigenvalue weighted by Gasteiger charge is -2.13. The number of hydrogen-bond donors (Lipinski definition) is 1. The second-order valence-corrected chi connectivity index (χ2v) is 6.77. The van der Waals surface area contributed by atoms with Gasteiger partial charge in [-0.05, 0) is 44.5 Å². The molecule has 21 heavy (non-hydrogen) atoms. The molecule has 0 spiro atoms. The van der Waals surface area contributed by atoms with Crippen molar-refractivity contribution < 1.29 is 0 Å². The summed E-state index contributed by atoms with van der Waals surface area (Å²) in [4.78, 5) is 18.2. The number of nitrogens with two attached hydrogens (primary N) is 1. The third-order valence-corrected chi connectivity index (χ3v) is 5.29. The fourth-order valence-corrected chi connectivity index (χ4v) is 4.00. The summed E-state index contributed by atoms with van der Waals surface area (Å²) in [5.41, 5.74) is 6.24. The third-order valence-electron chi connectivity index (χ3n) is 3.92. The minimum absolute atomic E-state index is 0.185. The first-order chi connectivity index (χ1) is 10.2. The number of aromatic nitrogens is 2. The first kappa shape index (κ1) is 14.5. The number of hydrogen-bond acceptors (Lipinski definition) is 5. The zero-order chi connectivity index (χ0) is 14.7. The highest BCUT2D eigenvalue weighted by Gasteiger charge is 2.19. The molecule has 2 aliphatic rings. The highest BCUT2D eigenvalue weighted by Crippen LogP contribution is 2.34. The van der Waals surface area contributed by atoms with Crippen LogP contribution in [-0.2, 0) is 0 Å². The first-order valence-electron chi connectivity index (χ1n) is 7.45. The van der Waals surface area contributed by atoms with Gasteiger partial charge in [-0.3, -0.25) is 9.47 Å². The molecule has 3 heterocycles. The molecule has 2 saturated heterocycles. The Labute approximate surface area is 128 Å². The minimum atomic E-state index is -0.267. The third kappa shape index (κ3) is 3.42. The van der Waals surface area contributed by atoms with Crippen LogP contribution >= 0.6 is 11.8 Å². The lowest BCUT2D eigenvalue weighted by Crippen LogP contribution is -2.26. The Balaban J connectivity index is 1.79. The molecule has 3 rings (SSSR count). The minimum Gasteiger partial charge on any atom is -0.382 e. The fourth-order valence-electron chi connectivity index (χ4n) is 2.75. The Morgan fingerprint density at radius 2 is 2.19 bits per heavy atom. The van der Waals surface area contributed by atoms with E-state index in [4.69, 9.17) is 5.73 Å². The largest absolute Gasteiger partial charge is 0.382 e. The first-order valence-corrected chi connectivity index (χ1v) is 8.50. The Kier molecular flexibility index (Phi) is 4.51. The van der Waals surface area contributed by atoms with E-state index in [0.717, 1.165) is 38.2 Å². The molecule has 0 bridgehead atoms. The molecular formula is C15H20N4OS. The molecule has 0 amide bonds. The monoisotopic (exact) mass is 304 g/mol. The Bertz CT molecular complexity index is 619. The van der Waals surface area contributed by atoms with Gasteiger partial charge in [-0.2, -0.15) is 4.98 Å². The van der Waals surface area contributed by atoms with Gasteiger partial charge in [-0.1, -0.05) is 11.8 Å². The van der Waals surface area contributed by atoms with E-state index in [9.17, 15) is 4.79 Å². The summed E-state index contributed by atoms with van der Waals surface area (Å²) in [6.07, 6.45) is 6.45. The van der Waals surface area contributed by atoms with Crippen molar-refractivity contribution in [2.45, 2.75) is 31.1 Å². The Hall–Kier alpha value is -1.45. The van der Waals surface area contributed by atoms with Crippen LogP contribution in [-0.4, -0.2) is 39.8 Å². The van der Waals surface area contributed by atoms with Crippen LogP contribution in [0.3, 0.4) is 0 Å². The van der Waals surface area contributed by atoms with Crippen molar-refractivity contribution in [3.05, 3.63) is 22.2 Å². The van der Waals surface area contributed by atoms with Gasteiger partial charge in [-0.25, -0.2) is 4.79 Å². The maximum Gasteiger partial charge on any atom is 0.350 e. The summed E-state index contributed by atoms with van der Waals surface area (Å²) in [5, 5.41) is 0.185. The van der Waals surface area contributed by atoms with Crippen LogP contribution in [0, 0.1) is 11.8 Å². The molecular weight excluding hydrogens is 284 g/mol. The molecule has 0 unspecified atom stereocenters. The van der Waals surface area contributed by atoms with Crippen molar-refractivity contribution in [2.75, 3.05) is 31.1 Å². The van der Waals surface area contributed by atoms with Crippen LogP contribution in [0.1, 0.15) is 36.6 Å². The molecule has 2 N–H and O–H groups in total. The van der Waals surface area contributed by atoms with Crippen LogP contribution in [0.2, 0.25) is 0 Å². The molecule has 1 aromatic heterocycles. The standard InChI is InChI=1S/C15H20N4OS/c16-14-12(5-3-9-18-7-1-2-8-18)11-19(15(20)17-14)13-6-4-10-21-13/h11,13H,1-2,4,6-10H2,(H2,16,17,20)/t13-/m0/s1. The molecule has 5 nitrogen and oxygen atoms in total. The van der Waals surface area contributed by atoms with Gasteiger partial charge in [0.2, 0.25) is 0 Å². The quantitative estimate of drug-likeness (QED) is 0.834. The van der Waals surface area contributed by atoms with Crippen molar-refractivity contribution in [3.8, 4) is 11.8 Å². The van der Waals surface area contributed by atoms with Crippen molar-refractivity contribution >= 4 is 17.6 Å². The molecule has 0 saturated carbocycles. The van der Waals surface area contributed by atoms with Gasteiger partial charge in [0.15, 0.2) is 0 Å². The van der Waals surface area contributed by atoms with Gasteiger partial charge in [0.1, 0.15) is 5.82 Å². The summed E-state index contributed by atoms with van der Waals surface area (Å²) >= 11 is 1.79. The second-order valence-electron chi connectivity index (χ2n) is 5.48. The van der Waals surface area contributed by atoms with E-state index in [1.165, 1.54) is 12.8 Å². The van der Waals surface area contributed by atoms with E-state index in [-0.39, 0.29) is 16.9 Å². The fraction of sp³-hybridized carbons (Fsp3) is 0.600. The van der Waals surface area contributed by atoms with Crippen molar-refractivity contribution in [1.82, 2.24) is 14.5 Å². The van der Waals surface area contributed by atoms with E-state index in [1.807, 2.05) is 0 Å². The van der Waals surface area contributed by atoms with Gasteiger partial charge in [-0.15, -0.1) is 11.8 Å². The molecule has 0 aliphatic carbocycles. The van der Waals surface area contributed by atoms with Crippen LogP contribution in [0.4, 0.5) is 5.82 Å². The molecule has 1 aromatic rings. The lowest BCUT2D eigenvalue weighted by atomic mass is 10.3. The highest BCUT2D eigenvalue weighted by molar-refractivity contribution is 7.99. The summed E-state index contributed by atoms with van der Waals surface area (Å²) < 4.78 is 1.69. The number of likely N-dealkylation sites (tertiary alicyclic amines) is 1. The topological polar surface area (TPSA) is 64.1 Å². The number of rotatable bonds is 2. The summed E-state index contributed by atoms with van der Waals surface area (Å²) in [5.74, 6) is 7.58. The van der Waals surface area contributed by atoms with E-state index >= 15 is 0 Å². The van der Waals surface area contributed by atoms with Gasteiger partial charge in [0.25, 0.3) is 0 Å². The maximum absolute atomic E-state index is 12.0. The second kappa shape index (κ2) is 6.54. The van der Waals surface area contributed by atoms with E-state index in [0.29, 0.717) is 5.56 Å². The lowest BCUT2D eigenvalue weighted by molar-refractivity contribution is 0.383. The van der Waals surface area contributed by atoms with E-state index in [2.05, 4.69) is 21.7 Å². The number of anilines is 1. The Morgan fingerprint density at radius 3 is 2.90 bits per heavy atom. The predicted octanol–water partition coefficient (Wildman–Crippen LogP) is 1.30. The SMILES string of the molecule is Nc1nc(=O)n([C@@H]2CCCS2)cc1C#CCN1CCCC1. The molecule has 6 heteroatoms. The number of nitrogen functional groups attached to an aromatic ring is 1. The van der Waals surface area contributed by atoms with Crippen LogP contribution in [0.15, 0.2) is 11.0 Å². The summed E-state index contributed by atoms with van der Waals surface area (Å²) in [6.45, 7) is 3.01. The van der Waals surface area contributed by atoms with Crippen LogP contribution in [0.25, 0.3) is 0 Å². The zero-order valence-corrected chi connectivity index (χ0v) is 12.9. The summed E-state index contributed by atoms with van der Waals surface area (Å²) in [7, 11) is 0. The highest BCUT2D eigenvalue weighted by atomic mass is 32.2. The molecule has 0 radical (unpaired) electrons. The van der Waals surface area contributed by atoms with Crippen LogP contribution < -0.4 is 11.4 Å². The summed E-state index contributed by atoms with van der Waals surface area (Å²) in [6, 6.07) is 0. The smallest absolute Gasteiger partial charge is 0.350 e. The average Bonchev–Trinajstić information content (AvgIpc) is 3.14. The molecule has 1 atom stereocenters. The van der Waals surface area contributed by atoms with Gasteiger partial charge < -0.3 is 5.73 Å². The van der Waals surface area contributed by atoms with E-state index < -0.39 is 0 Å². The Morgan fingerprint density at radius 1 is 1.38 bits per heavy atom. The number of thioether (sulfide) groups is 1. The molecule has 0 aromatic carbocycles. The molecule has 112 valence electrons. The van der Waals surface area contributed by atoms with Crippen molar-refractivity contribution in [2.24, 2.45) is 0 Å². The average molecular weight is 304 g/mol. The normalized spacial score (nSPS) is 22.2. The van der Waals surface area contributed by atoms with E-state index in [1.54, 1.807) is 22.5 Å². The zero-order valence-electron chi connectivity index (χ0n) is 12.0. The van der Waals surface area contributed by atoms with Crippen molar-refractivity contribution in [3.63, 3.8) is 0 Å². The van der Waals surface area contributed by atoms with Gasteiger partial charge in [0.05, 0.1) is 17.5 Å². The maximum atomic E-state index is 12.0. The van der Waals surface area contributed by atoms with Gasteiger partial charge in [0, 0.05) is 6.20 Å². The van der Waals surface area contributed by atoms with Crippen molar-refractivity contribution in [1.29, 1.82) is 0 Å². The molecule has 2 aliphatic heterocycles. The van der Waals surface area contributed by atoms with Gasteiger partial charge >= 0.3 is 5.69 Å². The number of nitrogens with zero attached hydrogens (tertiary/aromatic N) is 3.